The Balaban J connectivity index is 3.16. The second kappa shape index (κ2) is 4.73. The topological polar surface area (TPSA) is 55.5 Å². The van der Waals surface area contributed by atoms with Crippen LogP contribution in [0.1, 0.15) is 13.8 Å². The molecule has 0 aliphatic rings. The van der Waals surface area contributed by atoms with Crippen LogP contribution in [0.3, 0.4) is 0 Å². The maximum atomic E-state index is 8.32. The van der Waals surface area contributed by atoms with Gasteiger partial charge in [-0.15, -0.1) is 0 Å². The molecule has 0 spiro atoms. The molecule has 0 bridgehead atoms. The van der Waals surface area contributed by atoms with Crippen molar-refractivity contribution >= 4 is 0 Å². The van der Waals surface area contributed by atoms with Gasteiger partial charge in [0.1, 0.15) is 6.23 Å². The van der Waals surface area contributed by atoms with E-state index in [0.29, 0.717) is 12.5 Å². The summed E-state index contributed by atoms with van der Waals surface area (Å²) in [5.74, 6) is 0.316. The summed E-state index contributed by atoms with van der Waals surface area (Å²) in [6.07, 6.45) is -0.239. The first-order valence-corrected chi connectivity index (χ1v) is 3.16. The molecule has 0 saturated heterocycles. The molecule has 0 aromatic carbocycles. The van der Waals surface area contributed by atoms with Crippen molar-refractivity contribution in [3.8, 4) is 0 Å². The SMILES string of the molecule is CC(C)[C@H](N)OCCO. The summed E-state index contributed by atoms with van der Waals surface area (Å²) >= 11 is 0. The van der Waals surface area contributed by atoms with Crippen molar-refractivity contribution < 1.29 is 9.84 Å². The Morgan fingerprint density at radius 1 is 1.56 bits per heavy atom. The molecule has 0 aliphatic heterocycles. The molecule has 0 rings (SSSR count). The number of nitrogens with two attached hydrogens (primary N) is 1. The van der Waals surface area contributed by atoms with Crippen LogP contribution >= 0.6 is 0 Å². The molecule has 56 valence electrons. The van der Waals surface area contributed by atoms with Crippen molar-refractivity contribution in [2.75, 3.05) is 13.2 Å². The van der Waals surface area contributed by atoms with Crippen LogP contribution in [0, 0.1) is 5.92 Å². The monoisotopic (exact) mass is 133 g/mol. The van der Waals surface area contributed by atoms with Gasteiger partial charge in [0, 0.05) is 0 Å². The Morgan fingerprint density at radius 3 is 2.44 bits per heavy atom. The highest BCUT2D eigenvalue weighted by Gasteiger charge is 2.05. The fraction of sp³-hybridized carbons (Fsp3) is 1.00. The van der Waals surface area contributed by atoms with Crippen molar-refractivity contribution in [2.45, 2.75) is 20.1 Å². The molecular formula is C6H15NO2. The molecule has 0 aromatic heterocycles. The highest BCUT2D eigenvalue weighted by atomic mass is 16.5. The maximum Gasteiger partial charge on any atom is 0.108 e. The summed E-state index contributed by atoms with van der Waals surface area (Å²) in [6.45, 7) is 4.32. The number of hydrogen-bond donors (Lipinski definition) is 2. The first-order valence-electron chi connectivity index (χ1n) is 3.16. The zero-order chi connectivity index (χ0) is 7.28. The first kappa shape index (κ1) is 8.88. The lowest BCUT2D eigenvalue weighted by atomic mass is 10.2. The molecule has 0 aliphatic carbocycles. The summed E-state index contributed by atoms with van der Waals surface area (Å²) < 4.78 is 4.98. The minimum Gasteiger partial charge on any atom is -0.394 e. The predicted molar refractivity (Wildman–Crippen MR) is 35.9 cm³/mol. The van der Waals surface area contributed by atoms with E-state index in [-0.39, 0.29) is 12.8 Å². The summed E-state index contributed by atoms with van der Waals surface area (Å²) in [5, 5.41) is 8.32. The molecule has 3 nitrogen and oxygen atoms in total. The molecule has 0 aromatic rings. The third-order valence-corrected chi connectivity index (χ3v) is 1.06. The van der Waals surface area contributed by atoms with Crippen LogP contribution in [-0.4, -0.2) is 24.5 Å². The van der Waals surface area contributed by atoms with Crippen LogP contribution in [0.15, 0.2) is 0 Å². The standard InChI is InChI=1S/C6H15NO2/c1-5(2)6(7)9-4-3-8/h5-6,8H,3-4,7H2,1-2H3/t6-/m1/s1. The molecule has 1 atom stereocenters. The number of hydrogen-bond acceptors (Lipinski definition) is 3. The van der Waals surface area contributed by atoms with Crippen molar-refractivity contribution in [2.24, 2.45) is 11.7 Å². The minimum atomic E-state index is -0.239. The number of ether oxygens (including phenoxy) is 1. The second-order valence-electron chi connectivity index (χ2n) is 2.30. The zero-order valence-corrected chi connectivity index (χ0v) is 6.00. The van der Waals surface area contributed by atoms with E-state index in [2.05, 4.69) is 0 Å². The van der Waals surface area contributed by atoms with Crippen molar-refractivity contribution in [1.29, 1.82) is 0 Å². The Hall–Kier alpha value is -0.120. The molecule has 0 heterocycles. The highest BCUT2D eigenvalue weighted by Crippen LogP contribution is 1.98. The molecule has 9 heavy (non-hydrogen) atoms. The lowest BCUT2D eigenvalue weighted by Gasteiger charge is -2.14. The third-order valence-electron chi connectivity index (χ3n) is 1.06. The fourth-order valence-corrected chi connectivity index (χ4v) is 0.381. The van der Waals surface area contributed by atoms with Gasteiger partial charge in [0.05, 0.1) is 13.2 Å². The van der Waals surface area contributed by atoms with E-state index in [1.165, 1.54) is 0 Å². The molecule has 0 unspecified atom stereocenters. The molecule has 3 N–H and O–H groups in total. The summed E-state index contributed by atoms with van der Waals surface area (Å²) in [4.78, 5) is 0. The van der Waals surface area contributed by atoms with Crippen molar-refractivity contribution in [3.05, 3.63) is 0 Å². The van der Waals surface area contributed by atoms with E-state index < -0.39 is 0 Å². The quantitative estimate of drug-likeness (QED) is 0.528. The second-order valence-corrected chi connectivity index (χ2v) is 2.30. The van der Waals surface area contributed by atoms with Crippen LogP contribution in [-0.2, 0) is 4.74 Å². The third kappa shape index (κ3) is 4.39. The van der Waals surface area contributed by atoms with Crippen LogP contribution < -0.4 is 5.73 Å². The molecule has 0 amide bonds. The molecule has 0 fully saturated rings. The molecule has 0 radical (unpaired) electrons. The van der Waals surface area contributed by atoms with Gasteiger partial charge < -0.3 is 15.6 Å². The molecule has 3 heteroatoms. The maximum absolute atomic E-state index is 8.32. The lowest BCUT2D eigenvalue weighted by Crippen LogP contribution is -2.30. The Kier molecular flexibility index (Phi) is 4.67. The van der Waals surface area contributed by atoms with E-state index in [4.69, 9.17) is 15.6 Å². The van der Waals surface area contributed by atoms with Crippen LogP contribution in [0.5, 0.6) is 0 Å². The Labute approximate surface area is 55.8 Å². The molecular weight excluding hydrogens is 118 g/mol. The van der Waals surface area contributed by atoms with Gasteiger partial charge in [0.15, 0.2) is 0 Å². The van der Waals surface area contributed by atoms with Gasteiger partial charge in [0.25, 0.3) is 0 Å². The van der Waals surface area contributed by atoms with E-state index in [1.54, 1.807) is 0 Å². The van der Waals surface area contributed by atoms with Gasteiger partial charge in [-0.2, -0.15) is 0 Å². The Morgan fingerprint density at radius 2 is 2.11 bits per heavy atom. The van der Waals surface area contributed by atoms with E-state index in [9.17, 15) is 0 Å². The smallest absolute Gasteiger partial charge is 0.108 e. The normalized spacial score (nSPS) is 14.3. The van der Waals surface area contributed by atoms with E-state index in [0.717, 1.165) is 0 Å². The largest absolute Gasteiger partial charge is 0.394 e. The van der Waals surface area contributed by atoms with Gasteiger partial charge in [0.2, 0.25) is 0 Å². The Bertz CT molecular complexity index is 66.1. The van der Waals surface area contributed by atoms with Crippen LogP contribution in [0.4, 0.5) is 0 Å². The minimum absolute atomic E-state index is 0.0421. The number of aliphatic hydroxyl groups is 1. The average molecular weight is 133 g/mol. The predicted octanol–water partition coefficient (Wildman–Crippen LogP) is -0.0639. The zero-order valence-electron chi connectivity index (χ0n) is 6.00. The van der Waals surface area contributed by atoms with Gasteiger partial charge >= 0.3 is 0 Å². The fourth-order valence-electron chi connectivity index (χ4n) is 0.381. The van der Waals surface area contributed by atoms with Gasteiger partial charge in [-0.25, -0.2) is 0 Å². The first-order chi connectivity index (χ1) is 4.18. The summed E-state index contributed by atoms with van der Waals surface area (Å²) in [7, 11) is 0. The van der Waals surface area contributed by atoms with Crippen molar-refractivity contribution in [1.82, 2.24) is 0 Å². The van der Waals surface area contributed by atoms with E-state index >= 15 is 0 Å². The summed E-state index contributed by atoms with van der Waals surface area (Å²) in [6, 6.07) is 0. The van der Waals surface area contributed by atoms with E-state index in [1.807, 2.05) is 13.8 Å². The van der Waals surface area contributed by atoms with Gasteiger partial charge in [-0.05, 0) is 5.92 Å². The van der Waals surface area contributed by atoms with Crippen LogP contribution in [0.2, 0.25) is 0 Å². The summed E-state index contributed by atoms with van der Waals surface area (Å²) in [5.41, 5.74) is 5.47. The average Bonchev–Trinajstić information content (AvgIpc) is 1.82. The number of rotatable bonds is 4. The number of aliphatic hydroxyl groups excluding tert-OH is 1. The lowest BCUT2D eigenvalue weighted by molar-refractivity contribution is 0.00715. The highest BCUT2D eigenvalue weighted by molar-refractivity contribution is 4.51. The van der Waals surface area contributed by atoms with Gasteiger partial charge in [-0.1, -0.05) is 13.8 Å². The van der Waals surface area contributed by atoms with Crippen LogP contribution in [0.25, 0.3) is 0 Å². The van der Waals surface area contributed by atoms with Gasteiger partial charge in [-0.3, -0.25) is 0 Å². The molecule has 0 saturated carbocycles. The van der Waals surface area contributed by atoms with Crippen molar-refractivity contribution in [3.63, 3.8) is 0 Å².